The molecule has 0 aromatic carbocycles. The SMILES string of the molecule is CCC(CC)N(CCOC)C(=O)NC(=O)CCl. The molecular formula is C11H21ClN2O3. The number of alkyl halides is 1. The van der Waals surface area contributed by atoms with Gasteiger partial charge in [-0.05, 0) is 12.8 Å². The van der Waals surface area contributed by atoms with Crippen LogP contribution in [0, 0.1) is 0 Å². The Balaban J connectivity index is 4.53. The molecule has 0 bridgehead atoms. The molecule has 3 amide bonds. The third-order valence-electron chi connectivity index (χ3n) is 2.55. The van der Waals surface area contributed by atoms with Gasteiger partial charge in [-0.1, -0.05) is 13.8 Å². The maximum Gasteiger partial charge on any atom is 0.324 e. The number of halogens is 1. The first-order chi connectivity index (χ1) is 8.10. The fraction of sp³-hybridized carbons (Fsp3) is 0.818. The van der Waals surface area contributed by atoms with Gasteiger partial charge in [0.25, 0.3) is 0 Å². The summed E-state index contributed by atoms with van der Waals surface area (Å²) >= 11 is 5.34. The Morgan fingerprint density at radius 2 is 1.94 bits per heavy atom. The summed E-state index contributed by atoms with van der Waals surface area (Å²) < 4.78 is 4.96. The van der Waals surface area contributed by atoms with Gasteiger partial charge in [0.1, 0.15) is 5.88 Å². The Kier molecular flexibility index (Phi) is 8.80. The number of urea groups is 1. The van der Waals surface area contributed by atoms with Gasteiger partial charge < -0.3 is 9.64 Å². The summed E-state index contributed by atoms with van der Waals surface area (Å²) in [6.45, 7) is 4.92. The zero-order chi connectivity index (χ0) is 13.3. The summed E-state index contributed by atoms with van der Waals surface area (Å²) in [6, 6.07) is -0.297. The number of methoxy groups -OCH3 is 1. The zero-order valence-electron chi connectivity index (χ0n) is 10.7. The minimum atomic E-state index is -0.481. The van der Waals surface area contributed by atoms with Crippen LogP contribution in [-0.2, 0) is 9.53 Å². The van der Waals surface area contributed by atoms with Crippen molar-refractivity contribution in [3.8, 4) is 0 Å². The Labute approximate surface area is 107 Å². The van der Waals surface area contributed by atoms with Crippen LogP contribution >= 0.6 is 11.6 Å². The monoisotopic (exact) mass is 264 g/mol. The highest BCUT2D eigenvalue weighted by Crippen LogP contribution is 2.08. The molecule has 17 heavy (non-hydrogen) atoms. The molecule has 1 N–H and O–H groups in total. The van der Waals surface area contributed by atoms with Gasteiger partial charge in [-0.2, -0.15) is 0 Å². The van der Waals surface area contributed by atoms with E-state index in [1.165, 1.54) is 0 Å². The van der Waals surface area contributed by atoms with Crippen LogP contribution in [0.15, 0.2) is 0 Å². The highest BCUT2D eigenvalue weighted by molar-refractivity contribution is 6.28. The Hall–Kier alpha value is -0.810. The lowest BCUT2D eigenvalue weighted by Crippen LogP contribution is -2.49. The van der Waals surface area contributed by atoms with Crippen LogP contribution < -0.4 is 5.32 Å². The molecule has 0 aromatic heterocycles. The molecule has 0 rings (SSSR count). The van der Waals surface area contributed by atoms with E-state index in [1.54, 1.807) is 12.0 Å². The number of amides is 3. The largest absolute Gasteiger partial charge is 0.383 e. The molecule has 0 radical (unpaired) electrons. The highest BCUT2D eigenvalue weighted by atomic mass is 35.5. The summed E-state index contributed by atoms with van der Waals surface area (Å²) in [5, 5.41) is 2.25. The predicted octanol–water partition coefficient (Wildman–Crippen LogP) is 1.60. The van der Waals surface area contributed by atoms with E-state index in [-0.39, 0.29) is 11.9 Å². The molecule has 0 fully saturated rings. The highest BCUT2D eigenvalue weighted by Gasteiger charge is 2.21. The number of carbonyl (C=O) groups is 2. The van der Waals surface area contributed by atoms with Crippen molar-refractivity contribution in [2.24, 2.45) is 0 Å². The minimum absolute atomic E-state index is 0.105. The van der Waals surface area contributed by atoms with Crippen LogP contribution in [0.3, 0.4) is 0 Å². The lowest BCUT2D eigenvalue weighted by Gasteiger charge is -2.30. The quantitative estimate of drug-likeness (QED) is 0.711. The van der Waals surface area contributed by atoms with E-state index >= 15 is 0 Å². The molecule has 6 heteroatoms. The van der Waals surface area contributed by atoms with Crippen molar-refractivity contribution in [2.45, 2.75) is 32.7 Å². The number of carbonyl (C=O) groups excluding carboxylic acids is 2. The predicted molar refractivity (Wildman–Crippen MR) is 67.2 cm³/mol. The second kappa shape index (κ2) is 9.24. The molecule has 0 aliphatic carbocycles. The molecule has 100 valence electrons. The first kappa shape index (κ1) is 16.2. The number of nitrogens with one attached hydrogen (secondary N) is 1. The van der Waals surface area contributed by atoms with Crippen LogP contribution in [-0.4, -0.2) is 49.0 Å². The van der Waals surface area contributed by atoms with Crippen LogP contribution in [0.4, 0.5) is 4.79 Å². The molecule has 0 heterocycles. The van der Waals surface area contributed by atoms with E-state index in [2.05, 4.69) is 5.32 Å². The Morgan fingerprint density at radius 1 is 1.35 bits per heavy atom. The summed E-state index contributed by atoms with van der Waals surface area (Å²) in [5.41, 5.74) is 0. The second-order valence-electron chi connectivity index (χ2n) is 3.64. The first-order valence-electron chi connectivity index (χ1n) is 5.75. The topological polar surface area (TPSA) is 58.6 Å². The number of nitrogens with zero attached hydrogens (tertiary/aromatic N) is 1. The maximum atomic E-state index is 11.9. The lowest BCUT2D eigenvalue weighted by molar-refractivity contribution is -0.117. The molecule has 0 unspecified atom stereocenters. The molecule has 5 nitrogen and oxygen atoms in total. The van der Waals surface area contributed by atoms with E-state index in [4.69, 9.17) is 16.3 Å². The molecule has 0 atom stereocenters. The third-order valence-corrected chi connectivity index (χ3v) is 2.79. The van der Waals surface area contributed by atoms with Crippen molar-refractivity contribution < 1.29 is 14.3 Å². The van der Waals surface area contributed by atoms with E-state index in [9.17, 15) is 9.59 Å². The van der Waals surface area contributed by atoms with Gasteiger partial charge in [0, 0.05) is 19.7 Å². The third kappa shape index (κ3) is 5.89. The van der Waals surface area contributed by atoms with Crippen molar-refractivity contribution >= 4 is 23.5 Å². The van der Waals surface area contributed by atoms with Gasteiger partial charge in [-0.15, -0.1) is 11.6 Å². The fourth-order valence-corrected chi connectivity index (χ4v) is 1.66. The average molecular weight is 265 g/mol. The number of hydrogen-bond donors (Lipinski definition) is 1. The van der Waals surface area contributed by atoms with Gasteiger partial charge in [-0.3, -0.25) is 10.1 Å². The van der Waals surface area contributed by atoms with Crippen LogP contribution in [0.1, 0.15) is 26.7 Å². The molecule has 0 aliphatic rings. The smallest absolute Gasteiger partial charge is 0.324 e. The van der Waals surface area contributed by atoms with E-state index in [0.29, 0.717) is 13.2 Å². The summed E-state index contributed by atoms with van der Waals surface area (Å²) in [4.78, 5) is 24.6. The van der Waals surface area contributed by atoms with Crippen LogP contribution in [0.2, 0.25) is 0 Å². The molecule has 0 saturated heterocycles. The second-order valence-corrected chi connectivity index (χ2v) is 3.91. The van der Waals surface area contributed by atoms with Gasteiger partial charge in [-0.25, -0.2) is 4.79 Å². The Bertz CT molecular complexity index is 245. The van der Waals surface area contributed by atoms with Crippen molar-refractivity contribution in [3.63, 3.8) is 0 Å². The van der Waals surface area contributed by atoms with E-state index in [0.717, 1.165) is 12.8 Å². The van der Waals surface area contributed by atoms with Gasteiger partial charge >= 0.3 is 6.03 Å². The normalized spacial score (nSPS) is 10.4. The minimum Gasteiger partial charge on any atom is -0.383 e. The van der Waals surface area contributed by atoms with Crippen molar-refractivity contribution in [1.29, 1.82) is 0 Å². The summed E-state index contributed by atoms with van der Waals surface area (Å²) in [6.07, 6.45) is 1.67. The molecule has 0 saturated carbocycles. The fourth-order valence-electron chi connectivity index (χ4n) is 1.59. The maximum absolute atomic E-state index is 11.9. The number of ether oxygens (including phenoxy) is 1. The summed E-state index contributed by atoms with van der Waals surface area (Å²) in [7, 11) is 1.58. The average Bonchev–Trinajstić information content (AvgIpc) is 2.34. The van der Waals surface area contributed by atoms with E-state index < -0.39 is 11.9 Å². The molecular weight excluding hydrogens is 244 g/mol. The summed E-state index contributed by atoms with van der Waals surface area (Å²) in [5.74, 6) is -0.697. The van der Waals surface area contributed by atoms with Crippen molar-refractivity contribution in [1.82, 2.24) is 10.2 Å². The standard InChI is InChI=1S/C11H21ClN2O3/c1-4-9(5-2)14(6-7-17-3)11(16)13-10(15)8-12/h9H,4-8H2,1-3H3,(H,13,15,16). The van der Waals surface area contributed by atoms with Gasteiger partial charge in [0.15, 0.2) is 0 Å². The van der Waals surface area contributed by atoms with Crippen LogP contribution in [0.25, 0.3) is 0 Å². The van der Waals surface area contributed by atoms with Crippen molar-refractivity contribution in [3.05, 3.63) is 0 Å². The van der Waals surface area contributed by atoms with Crippen LogP contribution in [0.5, 0.6) is 0 Å². The van der Waals surface area contributed by atoms with Crippen molar-refractivity contribution in [2.75, 3.05) is 26.1 Å². The molecule has 0 aliphatic heterocycles. The van der Waals surface area contributed by atoms with Gasteiger partial charge in [0.2, 0.25) is 5.91 Å². The lowest BCUT2D eigenvalue weighted by atomic mass is 10.1. The first-order valence-corrected chi connectivity index (χ1v) is 6.29. The number of rotatable bonds is 7. The van der Waals surface area contributed by atoms with E-state index in [1.807, 2.05) is 13.8 Å². The number of hydrogen-bond acceptors (Lipinski definition) is 3. The zero-order valence-corrected chi connectivity index (χ0v) is 11.4. The molecule has 0 aromatic rings. The molecule has 0 spiro atoms. The Morgan fingerprint density at radius 3 is 2.35 bits per heavy atom. The number of imide groups is 1. The van der Waals surface area contributed by atoms with Gasteiger partial charge in [0.05, 0.1) is 6.61 Å².